The number of hydrogen-bond acceptors (Lipinski definition) is 2. The van der Waals surface area contributed by atoms with Crippen LogP contribution in [0, 0.1) is 0 Å². The van der Waals surface area contributed by atoms with Crippen LogP contribution in [-0.4, -0.2) is 21.9 Å². The van der Waals surface area contributed by atoms with E-state index in [2.05, 4.69) is 39.0 Å². The van der Waals surface area contributed by atoms with Gasteiger partial charge in [0.15, 0.2) is 0 Å². The van der Waals surface area contributed by atoms with Crippen LogP contribution >= 0.6 is 0 Å². The molecule has 0 saturated carbocycles. The fraction of sp³-hybridized carbons (Fsp3) is 0.600. The molecule has 22 heavy (non-hydrogen) atoms. The van der Waals surface area contributed by atoms with Gasteiger partial charge in [0.05, 0.1) is 11.7 Å². The Hall–Kier alpha value is -1.12. The van der Waals surface area contributed by atoms with Gasteiger partial charge in [-0.1, -0.05) is 41.0 Å². The molecule has 1 aliphatic carbocycles. The summed E-state index contributed by atoms with van der Waals surface area (Å²) in [5.41, 5.74) is 3.97. The summed E-state index contributed by atoms with van der Waals surface area (Å²) in [6, 6.07) is 0. The van der Waals surface area contributed by atoms with Crippen LogP contribution in [0.15, 0.2) is 46.6 Å². The van der Waals surface area contributed by atoms with Crippen molar-refractivity contribution in [3.8, 4) is 0 Å². The maximum atomic E-state index is 10.3. The Balaban J connectivity index is 3.04. The molecule has 0 heterocycles. The Morgan fingerprint density at radius 2 is 1.64 bits per heavy atom. The zero-order valence-corrected chi connectivity index (χ0v) is 14.8. The van der Waals surface area contributed by atoms with E-state index in [4.69, 9.17) is 0 Å². The van der Waals surface area contributed by atoms with Crippen molar-refractivity contribution in [1.29, 1.82) is 0 Å². The Bertz CT molecular complexity index is 484. The minimum Gasteiger partial charge on any atom is -0.389 e. The van der Waals surface area contributed by atoms with Gasteiger partial charge in [-0.15, -0.1) is 0 Å². The lowest BCUT2D eigenvalue weighted by atomic mass is 9.91. The first-order valence-corrected chi connectivity index (χ1v) is 8.28. The van der Waals surface area contributed by atoms with Crippen molar-refractivity contribution < 1.29 is 10.2 Å². The fourth-order valence-corrected chi connectivity index (χ4v) is 2.68. The highest BCUT2D eigenvalue weighted by Crippen LogP contribution is 2.24. The lowest BCUT2D eigenvalue weighted by Crippen LogP contribution is -2.22. The average Bonchev–Trinajstić information content (AvgIpc) is 2.35. The molecule has 1 unspecified atom stereocenters. The van der Waals surface area contributed by atoms with Crippen LogP contribution < -0.4 is 0 Å². The minimum atomic E-state index is -0.802. The third kappa shape index (κ3) is 7.24. The summed E-state index contributed by atoms with van der Waals surface area (Å²) in [6.07, 6.45) is 12.4. The van der Waals surface area contributed by atoms with E-state index in [-0.39, 0.29) is 0 Å². The van der Waals surface area contributed by atoms with Crippen molar-refractivity contribution in [3.63, 3.8) is 0 Å². The molecule has 0 saturated heterocycles. The molecule has 0 radical (unpaired) electrons. The van der Waals surface area contributed by atoms with E-state index in [9.17, 15) is 10.2 Å². The molecule has 1 atom stereocenters. The van der Waals surface area contributed by atoms with Crippen molar-refractivity contribution in [2.45, 2.75) is 78.4 Å². The first kappa shape index (κ1) is 18.9. The number of aliphatic hydroxyl groups is 2. The quantitative estimate of drug-likeness (QED) is 0.680. The molecule has 0 aromatic rings. The van der Waals surface area contributed by atoms with Crippen LogP contribution in [0.5, 0.6) is 0 Å². The molecule has 0 bridgehead atoms. The molecule has 2 nitrogen and oxygen atoms in total. The van der Waals surface area contributed by atoms with Crippen molar-refractivity contribution >= 4 is 0 Å². The zero-order chi connectivity index (χ0) is 16.8. The summed E-state index contributed by atoms with van der Waals surface area (Å²) in [4.78, 5) is 0. The largest absolute Gasteiger partial charge is 0.389 e. The van der Waals surface area contributed by atoms with Gasteiger partial charge in [-0.2, -0.15) is 0 Å². The molecule has 0 aromatic heterocycles. The molecule has 1 aliphatic rings. The number of hydrogen-bond donors (Lipinski definition) is 2. The Kier molecular flexibility index (Phi) is 7.31. The topological polar surface area (TPSA) is 40.5 Å². The SMILES string of the molecule is CC1=CC=C(C(C)(C)O)CCC(C)=CC(O)CC(C)=CCC1. The number of aliphatic hydroxyl groups excluding tert-OH is 1. The van der Waals surface area contributed by atoms with Gasteiger partial charge in [0.25, 0.3) is 0 Å². The Labute approximate surface area is 135 Å². The normalized spacial score (nSPS) is 23.0. The molecule has 0 aromatic carbocycles. The lowest BCUT2D eigenvalue weighted by molar-refractivity contribution is 0.116. The smallest absolute Gasteiger partial charge is 0.0803 e. The molecule has 2 heteroatoms. The van der Waals surface area contributed by atoms with E-state index < -0.39 is 11.7 Å². The third-order valence-electron chi connectivity index (χ3n) is 4.18. The highest BCUT2D eigenvalue weighted by molar-refractivity contribution is 5.24. The predicted octanol–water partition coefficient (Wildman–Crippen LogP) is 4.85. The number of rotatable bonds is 1. The monoisotopic (exact) mass is 304 g/mol. The molecule has 0 amide bonds. The zero-order valence-electron chi connectivity index (χ0n) is 14.8. The Morgan fingerprint density at radius 3 is 2.27 bits per heavy atom. The van der Waals surface area contributed by atoms with Gasteiger partial charge >= 0.3 is 0 Å². The van der Waals surface area contributed by atoms with Crippen LogP contribution in [0.2, 0.25) is 0 Å². The molecule has 124 valence electrons. The van der Waals surface area contributed by atoms with E-state index in [1.54, 1.807) is 0 Å². The number of allylic oxidation sites excluding steroid dienone is 5. The lowest BCUT2D eigenvalue weighted by Gasteiger charge is -2.22. The van der Waals surface area contributed by atoms with E-state index >= 15 is 0 Å². The second-order valence-corrected chi connectivity index (χ2v) is 7.14. The van der Waals surface area contributed by atoms with Crippen molar-refractivity contribution in [2.75, 3.05) is 0 Å². The van der Waals surface area contributed by atoms with Crippen LogP contribution in [0.4, 0.5) is 0 Å². The van der Waals surface area contributed by atoms with Gasteiger partial charge in [0, 0.05) is 0 Å². The van der Waals surface area contributed by atoms with Crippen LogP contribution in [0.1, 0.15) is 66.7 Å². The summed E-state index contributed by atoms with van der Waals surface area (Å²) >= 11 is 0. The molecule has 0 spiro atoms. The van der Waals surface area contributed by atoms with Gasteiger partial charge < -0.3 is 10.2 Å². The molecule has 1 rings (SSSR count). The van der Waals surface area contributed by atoms with Crippen LogP contribution in [0.25, 0.3) is 0 Å². The molecular formula is C20H32O2. The van der Waals surface area contributed by atoms with E-state index in [0.29, 0.717) is 6.42 Å². The van der Waals surface area contributed by atoms with Gasteiger partial charge in [0.1, 0.15) is 0 Å². The standard InChI is InChI=1S/C20H32O2/c1-15-7-6-8-16(2)13-19(21)14-17(3)10-12-18(11-9-15)20(4,5)22/h8-9,11,14,19,21-22H,6-7,10,12-13H2,1-5H3. The van der Waals surface area contributed by atoms with Crippen LogP contribution in [0.3, 0.4) is 0 Å². The fourth-order valence-electron chi connectivity index (χ4n) is 2.68. The summed E-state index contributed by atoms with van der Waals surface area (Å²) in [6.45, 7) is 9.95. The molecule has 2 N–H and O–H groups in total. The van der Waals surface area contributed by atoms with Gasteiger partial charge in [-0.3, -0.25) is 0 Å². The van der Waals surface area contributed by atoms with Crippen molar-refractivity contribution in [1.82, 2.24) is 0 Å². The highest BCUT2D eigenvalue weighted by Gasteiger charge is 2.18. The maximum Gasteiger partial charge on any atom is 0.0803 e. The van der Waals surface area contributed by atoms with Gasteiger partial charge in [-0.25, -0.2) is 0 Å². The predicted molar refractivity (Wildman–Crippen MR) is 94.7 cm³/mol. The second-order valence-electron chi connectivity index (χ2n) is 7.14. The summed E-state index contributed by atoms with van der Waals surface area (Å²) in [7, 11) is 0. The minimum absolute atomic E-state index is 0.412. The summed E-state index contributed by atoms with van der Waals surface area (Å²) in [5, 5.41) is 20.5. The highest BCUT2D eigenvalue weighted by atomic mass is 16.3. The van der Waals surface area contributed by atoms with E-state index in [1.165, 1.54) is 16.7 Å². The van der Waals surface area contributed by atoms with E-state index in [1.807, 2.05) is 19.9 Å². The molecule has 0 aliphatic heterocycles. The Morgan fingerprint density at radius 1 is 0.955 bits per heavy atom. The second kappa shape index (κ2) is 8.50. The van der Waals surface area contributed by atoms with Gasteiger partial charge in [0.2, 0.25) is 0 Å². The third-order valence-corrected chi connectivity index (χ3v) is 4.18. The molecule has 0 fully saturated rings. The maximum absolute atomic E-state index is 10.3. The first-order valence-electron chi connectivity index (χ1n) is 8.28. The van der Waals surface area contributed by atoms with Crippen molar-refractivity contribution in [2.24, 2.45) is 0 Å². The van der Waals surface area contributed by atoms with Gasteiger partial charge in [-0.05, 0) is 72.3 Å². The average molecular weight is 304 g/mol. The summed E-state index contributed by atoms with van der Waals surface area (Å²) in [5.74, 6) is 0. The van der Waals surface area contributed by atoms with E-state index in [0.717, 1.165) is 31.3 Å². The van der Waals surface area contributed by atoms with Crippen LogP contribution in [-0.2, 0) is 0 Å². The molecular weight excluding hydrogens is 272 g/mol. The van der Waals surface area contributed by atoms with Crippen molar-refractivity contribution in [3.05, 3.63) is 46.6 Å². The first-order chi connectivity index (χ1) is 10.2. The summed E-state index contributed by atoms with van der Waals surface area (Å²) < 4.78 is 0.